The Morgan fingerprint density at radius 1 is 1.24 bits per heavy atom. The van der Waals surface area contributed by atoms with Gasteiger partial charge in [-0.1, -0.05) is 0 Å². The molecule has 0 unspecified atom stereocenters. The average Bonchev–Trinajstić information content (AvgIpc) is 2.31. The minimum Gasteiger partial charge on any atom is -0.496 e. The Kier molecular flexibility index (Phi) is 5.21. The summed E-state index contributed by atoms with van der Waals surface area (Å²) >= 11 is 0. The Hall–Kier alpha value is -1.30. The van der Waals surface area contributed by atoms with E-state index in [9.17, 15) is 0 Å². The van der Waals surface area contributed by atoms with Gasteiger partial charge in [0.25, 0.3) is 0 Å². The summed E-state index contributed by atoms with van der Waals surface area (Å²) in [6.07, 6.45) is 0. The molecule has 0 aromatic heterocycles. The van der Waals surface area contributed by atoms with Crippen LogP contribution in [0.2, 0.25) is 0 Å². The lowest BCUT2D eigenvalue weighted by Crippen LogP contribution is -2.35. The van der Waals surface area contributed by atoms with E-state index >= 15 is 0 Å². The predicted molar refractivity (Wildman–Crippen MR) is 67.9 cm³/mol. The van der Waals surface area contributed by atoms with Gasteiger partial charge in [0.05, 0.1) is 20.9 Å². The molecule has 1 aromatic carbocycles. The molecule has 1 rings (SSSR count). The SMILES string of the molecule is COc1cc(CN(C)CNN)c(OC)cc1C. The highest BCUT2D eigenvalue weighted by Gasteiger charge is 2.10. The summed E-state index contributed by atoms with van der Waals surface area (Å²) in [5.74, 6) is 7.02. The second kappa shape index (κ2) is 6.44. The van der Waals surface area contributed by atoms with Gasteiger partial charge in [-0.2, -0.15) is 0 Å². The average molecular weight is 239 g/mol. The zero-order chi connectivity index (χ0) is 12.8. The number of hydrogen-bond acceptors (Lipinski definition) is 5. The van der Waals surface area contributed by atoms with Gasteiger partial charge in [0.1, 0.15) is 11.5 Å². The molecule has 96 valence electrons. The third-order valence-electron chi connectivity index (χ3n) is 2.60. The molecule has 0 atom stereocenters. The maximum atomic E-state index is 5.37. The zero-order valence-electron chi connectivity index (χ0n) is 10.9. The van der Waals surface area contributed by atoms with Crippen LogP contribution in [0, 0.1) is 6.92 Å². The standard InChI is InChI=1S/C12H21N3O2/c1-9-5-12(17-4)10(6-11(9)16-3)7-15(2)8-14-13/h5-6,14H,7-8,13H2,1-4H3. The van der Waals surface area contributed by atoms with Crippen molar-refractivity contribution in [2.45, 2.75) is 13.5 Å². The summed E-state index contributed by atoms with van der Waals surface area (Å²) in [5.41, 5.74) is 4.76. The number of rotatable bonds is 6. The van der Waals surface area contributed by atoms with Crippen molar-refractivity contribution in [3.63, 3.8) is 0 Å². The minimum absolute atomic E-state index is 0.610. The summed E-state index contributed by atoms with van der Waals surface area (Å²) < 4.78 is 10.7. The van der Waals surface area contributed by atoms with E-state index in [0.717, 1.165) is 29.2 Å². The lowest BCUT2D eigenvalue weighted by molar-refractivity contribution is 0.294. The van der Waals surface area contributed by atoms with Gasteiger partial charge in [-0.05, 0) is 31.7 Å². The molecule has 5 heteroatoms. The van der Waals surface area contributed by atoms with E-state index < -0.39 is 0 Å². The highest BCUT2D eigenvalue weighted by atomic mass is 16.5. The van der Waals surface area contributed by atoms with Crippen LogP contribution >= 0.6 is 0 Å². The number of nitrogens with two attached hydrogens (primary N) is 1. The quantitative estimate of drug-likeness (QED) is 0.438. The lowest BCUT2D eigenvalue weighted by Gasteiger charge is -2.19. The van der Waals surface area contributed by atoms with E-state index in [2.05, 4.69) is 5.43 Å². The van der Waals surface area contributed by atoms with Crippen molar-refractivity contribution in [1.29, 1.82) is 0 Å². The van der Waals surface area contributed by atoms with E-state index in [1.807, 2.05) is 31.0 Å². The zero-order valence-corrected chi connectivity index (χ0v) is 10.9. The summed E-state index contributed by atoms with van der Waals surface area (Å²) in [6.45, 7) is 3.35. The molecule has 0 radical (unpaired) electrons. The topological polar surface area (TPSA) is 59.8 Å². The predicted octanol–water partition coefficient (Wildman–Crippen LogP) is 0.865. The number of benzene rings is 1. The molecule has 0 fully saturated rings. The maximum Gasteiger partial charge on any atom is 0.123 e. The van der Waals surface area contributed by atoms with E-state index in [4.69, 9.17) is 15.3 Å². The van der Waals surface area contributed by atoms with Gasteiger partial charge in [-0.25, -0.2) is 5.43 Å². The summed E-state index contributed by atoms with van der Waals surface area (Å²) in [4.78, 5) is 2.05. The first-order chi connectivity index (χ1) is 8.12. The lowest BCUT2D eigenvalue weighted by atomic mass is 10.1. The van der Waals surface area contributed by atoms with Gasteiger partial charge in [-0.15, -0.1) is 0 Å². The molecular formula is C12H21N3O2. The van der Waals surface area contributed by atoms with Crippen molar-refractivity contribution in [2.75, 3.05) is 27.9 Å². The first-order valence-corrected chi connectivity index (χ1v) is 5.45. The van der Waals surface area contributed by atoms with Crippen molar-refractivity contribution in [3.05, 3.63) is 23.3 Å². The third kappa shape index (κ3) is 3.59. The number of nitrogens with zero attached hydrogens (tertiary/aromatic N) is 1. The Labute approximate surface area is 102 Å². The summed E-state index contributed by atoms with van der Waals surface area (Å²) in [6, 6.07) is 3.99. The van der Waals surface area contributed by atoms with E-state index in [0.29, 0.717) is 6.67 Å². The molecule has 0 amide bonds. The number of methoxy groups -OCH3 is 2. The fourth-order valence-electron chi connectivity index (χ4n) is 1.74. The van der Waals surface area contributed by atoms with Crippen LogP contribution in [-0.2, 0) is 6.54 Å². The highest BCUT2D eigenvalue weighted by Crippen LogP contribution is 2.28. The van der Waals surface area contributed by atoms with Crippen LogP contribution in [-0.4, -0.2) is 32.8 Å². The van der Waals surface area contributed by atoms with Crippen LogP contribution < -0.4 is 20.7 Å². The highest BCUT2D eigenvalue weighted by molar-refractivity contribution is 5.45. The molecule has 0 aliphatic carbocycles. The van der Waals surface area contributed by atoms with E-state index in [1.54, 1.807) is 14.2 Å². The molecule has 5 nitrogen and oxygen atoms in total. The first-order valence-electron chi connectivity index (χ1n) is 5.45. The second-order valence-corrected chi connectivity index (χ2v) is 4.01. The van der Waals surface area contributed by atoms with Crippen LogP contribution in [0.5, 0.6) is 11.5 Å². The van der Waals surface area contributed by atoms with Gasteiger partial charge >= 0.3 is 0 Å². The summed E-state index contributed by atoms with van der Waals surface area (Å²) in [7, 11) is 5.32. The van der Waals surface area contributed by atoms with Gasteiger partial charge in [-0.3, -0.25) is 10.7 Å². The number of nitrogens with one attached hydrogen (secondary N) is 1. The Morgan fingerprint density at radius 3 is 2.41 bits per heavy atom. The molecule has 0 bridgehead atoms. The van der Waals surface area contributed by atoms with Crippen molar-refractivity contribution in [2.24, 2.45) is 5.84 Å². The minimum atomic E-state index is 0.610. The molecular weight excluding hydrogens is 218 g/mol. The maximum absolute atomic E-state index is 5.37. The van der Waals surface area contributed by atoms with Gasteiger partial charge < -0.3 is 9.47 Å². The van der Waals surface area contributed by atoms with E-state index in [-0.39, 0.29) is 0 Å². The van der Waals surface area contributed by atoms with Crippen molar-refractivity contribution in [3.8, 4) is 11.5 Å². The molecule has 0 saturated carbocycles. The van der Waals surface area contributed by atoms with E-state index in [1.165, 1.54) is 0 Å². The Balaban J connectivity index is 2.95. The van der Waals surface area contributed by atoms with Crippen LogP contribution in [0.15, 0.2) is 12.1 Å². The van der Waals surface area contributed by atoms with Crippen molar-refractivity contribution < 1.29 is 9.47 Å². The Morgan fingerprint density at radius 2 is 1.88 bits per heavy atom. The number of aryl methyl sites for hydroxylation is 1. The largest absolute Gasteiger partial charge is 0.496 e. The monoisotopic (exact) mass is 239 g/mol. The molecule has 3 N–H and O–H groups in total. The number of ether oxygens (including phenoxy) is 2. The van der Waals surface area contributed by atoms with Gasteiger partial charge in [0.2, 0.25) is 0 Å². The molecule has 0 aliphatic heterocycles. The molecule has 17 heavy (non-hydrogen) atoms. The fraction of sp³-hybridized carbons (Fsp3) is 0.500. The van der Waals surface area contributed by atoms with Crippen LogP contribution in [0.25, 0.3) is 0 Å². The molecule has 1 aromatic rings. The van der Waals surface area contributed by atoms with Crippen molar-refractivity contribution in [1.82, 2.24) is 10.3 Å². The smallest absolute Gasteiger partial charge is 0.123 e. The molecule has 0 spiro atoms. The fourth-order valence-corrected chi connectivity index (χ4v) is 1.74. The van der Waals surface area contributed by atoms with Crippen molar-refractivity contribution >= 4 is 0 Å². The first kappa shape index (κ1) is 13.8. The summed E-state index contributed by atoms with van der Waals surface area (Å²) in [5, 5.41) is 0. The molecule has 0 saturated heterocycles. The van der Waals surface area contributed by atoms with Gasteiger partial charge in [0.15, 0.2) is 0 Å². The molecule has 0 aliphatic rings. The van der Waals surface area contributed by atoms with Gasteiger partial charge in [0, 0.05) is 12.1 Å². The Bertz CT molecular complexity index is 369. The van der Waals surface area contributed by atoms with Crippen LogP contribution in [0.1, 0.15) is 11.1 Å². The van der Waals surface area contributed by atoms with Crippen LogP contribution in [0.3, 0.4) is 0 Å². The molecule has 0 heterocycles. The van der Waals surface area contributed by atoms with Crippen LogP contribution in [0.4, 0.5) is 0 Å². The third-order valence-corrected chi connectivity index (χ3v) is 2.60. The second-order valence-electron chi connectivity index (χ2n) is 4.01. The normalized spacial score (nSPS) is 10.7. The number of hydrazine groups is 1. The number of hydrogen-bond donors (Lipinski definition) is 2.